The van der Waals surface area contributed by atoms with E-state index in [1.54, 1.807) is 0 Å². The molecule has 0 radical (unpaired) electrons. The molecule has 0 aromatic heterocycles. The van der Waals surface area contributed by atoms with Crippen molar-refractivity contribution in [2.24, 2.45) is 5.73 Å². The van der Waals surface area contributed by atoms with Gasteiger partial charge < -0.3 is 20.1 Å². The van der Waals surface area contributed by atoms with Crippen molar-refractivity contribution in [2.45, 2.75) is 238 Å². The number of allylic oxidation sites excluding steroid dienone is 22. The molecule has 2 atom stereocenters. The highest BCUT2D eigenvalue weighted by molar-refractivity contribution is 7.47. The Labute approximate surface area is 459 Å². The zero-order chi connectivity index (χ0) is 54.5. The molecule has 0 amide bonds. The van der Waals surface area contributed by atoms with Crippen LogP contribution in [0.3, 0.4) is 0 Å². The number of esters is 2. The Morgan fingerprint density at radius 1 is 0.413 bits per heavy atom. The lowest BCUT2D eigenvalue weighted by Gasteiger charge is -2.19. The van der Waals surface area contributed by atoms with Gasteiger partial charge in [0.15, 0.2) is 6.10 Å². The van der Waals surface area contributed by atoms with E-state index in [2.05, 4.69) is 148 Å². The van der Waals surface area contributed by atoms with Crippen LogP contribution >= 0.6 is 7.82 Å². The van der Waals surface area contributed by atoms with Crippen LogP contribution in [-0.2, 0) is 32.7 Å². The molecule has 0 saturated carbocycles. The Bertz CT molecular complexity index is 1680. The summed E-state index contributed by atoms with van der Waals surface area (Å²) < 4.78 is 33.0. The van der Waals surface area contributed by atoms with E-state index in [0.29, 0.717) is 6.42 Å². The normalized spacial score (nSPS) is 14.0. The van der Waals surface area contributed by atoms with Gasteiger partial charge in [0.05, 0.1) is 13.2 Å². The molecule has 0 spiro atoms. The third-order valence-electron chi connectivity index (χ3n) is 12.1. The molecular weight excluding hydrogens is 954 g/mol. The molecule has 0 heterocycles. The first-order valence-electron chi connectivity index (χ1n) is 29.7. The lowest BCUT2D eigenvalue weighted by Crippen LogP contribution is -2.29. The van der Waals surface area contributed by atoms with Crippen molar-refractivity contribution in [2.75, 3.05) is 26.4 Å². The Balaban J connectivity index is 4.09. The molecule has 0 bridgehead atoms. The Kier molecular flexibility index (Phi) is 56.3. The van der Waals surface area contributed by atoms with Crippen molar-refractivity contribution in [3.05, 3.63) is 134 Å². The minimum Gasteiger partial charge on any atom is -0.462 e. The second-order valence-electron chi connectivity index (χ2n) is 19.1. The molecule has 0 aliphatic rings. The summed E-state index contributed by atoms with van der Waals surface area (Å²) in [7, 11) is -4.40. The predicted octanol–water partition coefficient (Wildman–Crippen LogP) is 19.0. The van der Waals surface area contributed by atoms with E-state index < -0.39 is 32.5 Å². The lowest BCUT2D eigenvalue weighted by atomic mass is 10.0. The molecule has 0 fully saturated rings. The molecule has 0 aliphatic carbocycles. The zero-order valence-electron chi connectivity index (χ0n) is 47.5. The molecule has 75 heavy (non-hydrogen) atoms. The number of rotatable bonds is 54. The fourth-order valence-electron chi connectivity index (χ4n) is 7.70. The minimum absolute atomic E-state index is 0.0420. The molecule has 0 aliphatic heterocycles. The molecule has 9 nitrogen and oxygen atoms in total. The highest BCUT2D eigenvalue weighted by Gasteiger charge is 2.26. The van der Waals surface area contributed by atoms with Crippen LogP contribution < -0.4 is 5.73 Å². The van der Waals surface area contributed by atoms with Crippen molar-refractivity contribution in [3.8, 4) is 0 Å². The summed E-state index contributed by atoms with van der Waals surface area (Å²) in [5.41, 5.74) is 5.38. The second-order valence-corrected chi connectivity index (χ2v) is 20.6. The van der Waals surface area contributed by atoms with Crippen molar-refractivity contribution < 1.29 is 37.6 Å². The number of hydrogen-bond donors (Lipinski definition) is 2. The van der Waals surface area contributed by atoms with Gasteiger partial charge in [-0.05, 0) is 96.3 Å². The van der Waals surface area contributed by atoms with Crippen molar-refractivity contribution in [1.82, 2.24) is 0 Å². The molecular formula is C65H108NO8P. The van der Waals surface area contributed by atoms with Gasteiger partial charge in [-0.1, -0.05) is 257 Å². The summed E-state index contributed by atoms with van der Waals surface area (Å²) in [6, 6.07) is 0. The Morgan fingerprint density at radius 2 is 0.733 bits per heavy atom. The van der Waals surface area contributed by atoms with E-state index >= 15 is 0 Å². The van der Waals surface area contributed by atoms with Crippen LogP contribution in [0.1, 0.15) is 232 Å². The highest BCUT2D eigenvalue weighted by Crippen LogP contribution is 2.43. The first-order valence-corrected chi connectivity index (χ1v) is 31.2. The summed E-state index contributed by atoms with van der Waals surface area (Å²) in [5, 5.41) is 0. The molecule has 0 saturated heterocycles. The molecule has 3 N–H and O–H groups in total. The van der Waals surface area contributed by atoms with Crippen LogP contribution in [0.2, 0.25) is 0 Å². The van der Waals surface area contributed by atoms with Crippen molar-refractivity contribution in [3.63, 3.8) is 0 Å². The van der Waals surface area contributed by atoms with Crippen molar-refractivity contribution in [1.29, 1.82) is 0 Å². The first kappa shape index (κ1) is 71.2. The predicted molar refractivity (Wildman–Crippen MR) is 320 cm³/mol. The molecule has 2 unspecified atom stereocenters. The average molecular weight is 1060 g/mol. The third kappa shape index (κ3) is 59.3. The Hall–Kier alpha value is -3.85. The van der Waals surface area contributed by atoms with Gasteiger partial charge in [-0.2, -0.15) is 0 Å². The summed E-state index contributed by atoms with van der Waals surface area (Å²) >= 11 is 0. The minimum atomic E-state index is -4.40. The number of carbonyl (C=O) groups is 2. The van der Waals surface area contributed by atoms with E-state index in [0.717, 1.165) is 109 Å². The quantitative estimate of drug-likeness (QED) is 0.0264. The highest BCUT2D eigenvalue weighted by atomic mass is 31.2. The van der Waals surface area contributed by atoms with Crippen molar-refractivity contribution >= 4 is 19.8 Å². The average Bonchev–Trinajstić information content (AvgIpc) is 3.40. The van der Waals surface area contributed by atoms with E-state index in [4.69, 9.17) is 24.3 Å². The van der Waals surface area contributed by atoms with Crippen LogP contribution in [0, 0.1) is 0 Å². The maximum atomic E-state index is 12.7. The SMILES string of the molecule is CC/C=C\C/C=C\C/C=C\C/C=C\C/C=C\C/C=C\C/C=C\C/C=C\C/C=C\C/C=C\C/C=C\CCCCCC(=O)OC(COC(=O)CCCCCCCCCCCCCCCCCCC)COP(=O)(O)OCCN. The van der Waals surface area contributed by atoms with E-state index in [1.165, 1.54) is 89.9 Å². The van der Waals surface area contributed by atoms with Gasteiger partial charge in [-0.3, -0.25) is 18.6 Å². The monoisotopic (exact) mass is 1060 g/mol. The first-order chi connectivity index (χ1) is 36.8. The van der Waals surface area contributed by atoms with E-state index in [9.17, 15) is 19.0 Å². The maximum absolute atomic E-state index is 12.7. The largest absolute Gasteiger partial charge is 0.472 e. The third-order valence-corrected chi connectivity index (χ3v) is 13.0. The number of carbonyl (C=O) groups excluding carboxylic acids is 2. The van der Waals surface area contributed by atoms with Crippen LogP contribution in [0.15, 0.2) is 134 Å². The van der Waals surface area contributed by atoms with Gasteiger partial charge in [0.2, 0.25) is 0 Å². The number of phosphoric acid groups is 1. The summed E-state index contributed by atoms with van der Waals surface area (Å²) in [6.07, 6.45) is 83.7. The maximum Gasteiger partial charge on any atom is 0.472 e. The fourth-order valence-corrected chi connectivity index (χ4v) is 8.46. The topological polar surface area (TPSA) is 134 Å². The summed E-state index contributed by atoms with van der Waals surface area (Å²) in [4.78, 5) is 35.1. The van der Waals surface area contributed by atoms with Crippen LogP contribution in [0.25, 0.3) is 0 Å². The summed E-state index contributed by atoms with van der Waals surface area (Å²) in [6.45, 7) is 3.59. The van der Waals surface area contributed by atoms with Crippen LogP contribution in [0.4, 0.5) is 0 Å². The van der Waals surface area contributed by atoms with Crippen LogP contribution in [0.5, 0.6) is 0 Å². The lowest BCUT2D eigenvalue weighted by molar-refractivity contribution is -0.161. The fraction of sp³-hybridized carbons (Fsp3) is 0.631. The number of hydrogen-bond acceptors (Lipinski definition) is 8. The number of nitrogens with two attached hydrogens (primary N) is 1. The molecule has 0 rings (SSSR count). The number of unbranched alkanes of at least 4 members (excludes halogenated alkanes) is 19. The molecule has 426 valence electrons. The molecule has 10 heteroatoms. The Morgan fingerprint density at radius 3 is 1.09 bits per heavy atom. The van der Waals surface area contributed by atoms with Gasteiger partial charge in [0.1, 0.15) is 6.61 Å². The smallest absolute Gasteiger partial charge is 0.462 e. The summed E-state index contributed by atoms with van der Waals surface area (Å²) in [5.74, 6) is -0.870. The number of ether oxygens (including phenoxy) is 2. The van der Waals surface area contributed by atoms with Crippen LogP contribution in [-0.4, -0.2) is 49.3 Å². The van der Waals surface area contributed by atoms with E-state index in [1.807, 2.05) is 0 Å². The van der Waals surface area contributed by atoms with Gasteiger partial charge in [-0.25, -0.2) is 4.57 Å². The molecule has 0 aromatic carbocycles. The second kappa shape index (κ2) is 59.4. The molecule has 0 aromatic rings. The van der Waals surface area contributed by atoms with Gasteiger partial charge in [0, 0.05) is 19.4 Å². The standard InChI is InChI=1S/C65H108NO8P/c1-3-5-7-9-11-13-15-17-19-21-22-23-24-25-26-27-28-29-30-31-32-33-34-35-36-37-38-39-40-42-44-46-48-50-52-54-56-58-65(68)74-63(62-73-75(69,70)72-60-59-66)61-71-64(67)57-55-53-51-49-47-45-43-41-20-18-16-14-12-10-8-6-4-2/h5,7,11,13,17,19,22-23,25-26,28-29,31-32,34-35,37-38,40,42,46,48,63H,3-4,6,8-10,12,14-16,18,20-21,24,27,30,33,36,39,41,43-45,47,49-62,66H2,1-2H3,(H,69,70)/b7-5-,13-11-,19-17-,23-22-,26-25-,29-28-,32-31-,35-34-,38-37-,42-40-,48-46-. The van der Waals surface area contributed by atoms with Gasteiger partial charge >= 0.3 is 19.8 Å². The van der Waals surface area contributed by atoms with Gasteiger partial charge in [-0.15, -0.1) is 0 Å². The number of phosphoric ester groups is 1. The van der Waals surface area contributed by atoms with Gasteiger partial charge in [0.25, 0.3) is 0 Å². The zero-order valence-corrected chi connectivity index (χ0v) is 48.4. The van der Waals surface area contributed by atoms with E-state index in [-0.39, 0.29) is 32.6 Å².